The van der Waals surface area contributed by atoms with Crippen molar-refractivity contribution in [2.45, 2.75) is 57.8 Å². The molecule has 1 aromatic carbocycles. The van der Waals surface area contributed by atoms with Gasteiger partial charge in [-0.15, -0.1) is 0 Å². The summed E-state index contributed by atoms with van der Waals surface area (Å²) in [6.45, 7) is 7.58. The van der Waals surface area contributed by atoms with E-state index in [-0.39, 0.29) is 6.10 Å². The van der Waals surface area contributed by atoms with Gasteiger partial charge in [-0.25, -0.2) is 9.78 Å². The molecule has 0 radical (unpaired) electrons. The van der Waals surface area contributed by atoms with Crippen LogP contribution in [0.5, 0.6) is 0 Å². The lowest BCUT2D eigenvalue weighted by atomic mass is 9.86. The summed E-state index contributed by atoms with van der Waals surface area (Å²) < 4.78 is 0. The van der Waals surface area contributed by atoms with Crippen LogP contribution in [0.25, 0.3) is 0 Å². The molecule has 3 nitrogen and oxygen atoms in total. The summed E-state index contributed by atoms with van der Waals surface area (Å²) in [6.07, 6.45) is 1.36. The van der Waals surface area contributed by atoms with E-state index in [1.807, 2.05) is 6.92 Å². The second-order valence-corrected chi connectivity index (χ2v) is 5.96. The maximum Gasteiger partial charge on any atom is 0.126 e. The molecule has 2 rings (SSSR count). The van der Waals surface area contributed by atoms with Crippen molar-refractivity contribution in [2.24, 2.45) is 0 Å². The van der Waals surface area contributed by atoms with Crippen LogP contribution in [0.4, 0.5) is 0 Å². The first-order valence-electron chi connectivity index (χ1n) is 6.45. The van der Waals surface area contributed by atoms with Crippen molar-refractivity contribution in [2.75, 3.05) is 0 Å². The number of hydrogen-bond acceptors (Lipinski definition) is 3. The highest BCUT2D eigenvalue weighted by molar-refractivity contribution is 5.26. The smallest absolute Gasteiger partial charge is 0.126 e. The van der Waals surface area contributed by atoms with Crippen LogP contribution >= 0.6 is 0 Å². The molecule has 18 heavy (non-hydrogen) atoms. The van der Waals surface area contributed by atoms with Gasteiger partial charge in [-0.3, -0.25) is 0 Å². The molecular formula is C15H22O3. The highest BCUT2D eigenvalue weighted by Crippen LogP contribution is 2.38. The van der Waals surface area contributed by atoms with E-state index >= 15 is 0 Å². The van der Waals surface area contributed by atoms with Gasteiger partial charge in [0.15, 0.2) is 0 Å². The molecule has 1 aliphatic rings. The Labute approximate surface area is 109 Å². The molecule has 3 heteroatoms. The van der Waals surface area contributed by atoms with E-state index in [4.69, 9.17) is 9.78 Å². The third-order valence-electron chi connectivity index (χ3n) is 3.68. The Morgan fingerprint density at radius 3 is 2.33 bits per heavy atom. The normalized spacial score (nSPS) is 29.3. The van der Waals surface area contributed by atoms with Gasteiger partial charge < -0.3 is 5.11 Å². The third kappa shape index (κ3) is 2.74. The second kappa shape index (κ2) is 4.65. The topological polar surface area (TPSA) is 38.7 Å². The fraction of sp³-hybridized carbons (Fsp3) is 0.600. The van der Waals surface area contributed by atoms with E-state index in [0.717, 1.165) is 18.4 Å². The first kappa shape index (κ1) is 13.5. The molecule has 1 aliphatic heterocycles. The van der Waals surface area contributed by atoms with Gasteiger partial charge in [0.2, 0.25) is 0 Å². The monoisotopic (exact) mass is 250 g/mol. The van der Waals surface area contributed by atoms with Gasteiger partial charge in [0, 0.05) is 0 Å². The minimum absolute atomic E-state index is 0.268. The maximum absolute atomic E-state index is 9.91. The van der Waals surface area contributed by atoms with Gasteiger partial charge >= 0.3 is 0 Å². The Hall–Kier alpha value is -0.900. The quantitative estimate of drug-likeness (QED) is 0.820. The molecule has 0 aromatic heterocycles. The van der Waals surface area contributed by atoms with Crippen molar-refractivity contribution in [1.29, 1.82) is 0 Å². The van der Waals surface area contributed by atoms with Crippen LogP contribution in [-0.4, -0.2) is 16.8 Å². The van der Waals surface area contributed by atoms with Gasteiger partial charge in [-0.2, -0.15) is 0 Å². The van der Waals surface area contributed by atoms with Gasteiger partial charge in [0.25, 0.3) is 0 Å². The molecule has 1 fully saturated rings. The molecule has 0 amide bonds. The van der Waals surface area contributed by atoms with Crippen molar-refractivity contribution in [3.8, 4) is 0 Å². The Balaban J connectivity index is 2.10. The Bertz CT molecular complexity index is 395. The number of hydrogen-bond donors (Lipinski definition) is 1. The average Bonchev–Trinajstić information content (AvgIpc) is 2.29. The van der Waals surface area contributed by atoms with E-state index in [1.165, 1.54) is 5.56 Å². The van der Waals surface area contributed by atoms with Gasteiger partial charge in [0.1, 0.15) is 11.7 Å². The molecule has 0 saturated carbocycles. The van der Waals surface area contributed by atoms with Crippen LogP contribution in [0, 0.1) is 6.92 Å². The van der Waals surface area contributed by atoms with Crippen LogP contribution < -0.4 is 0 Å². The van der Waals surface area contributed by atoms with E-state index in [2.05, 4.69) is 31.2 Å². The molecule has 0 bridgehead atoms. The summed E-state index contributed by atoms with van der Waals surface area (Å²) in [6, 6.07) is 8.30. The van der Waals surface area contributed by atoms with Crippen LogP contribution in [0.2, 0.25) is 0 Å². The average molecular weight is 250 g/mol. The van der Waals surface area contributed by atoms with Crippen LogP contribution in [-0.2, 0) is 15.4 Å². The number of aryl methyl sites for hydroxylation is 1. The molecule has 2 atom stereocenters. The standard InChI is InChI=1S/C15H22O3/c1-11-5-7-12(8-6-11)15(4)10-9-13(17-18-15)14(2,3)16/h5-8,13,16H,9-10H2,1-4H3/t13-,15-/m1/s1. The largest absolute Gasteiger partial charge is 0.388 e. The summed E-state index contributed by atoms with van der Waals surface area (Å²) in [5.74, 6) is 0. The zero-order valence-electron chi connectivity index (χ0n) is 11.6. The Morgan fingerprint density at radius 2 is 1.89 bits per heavy atom. The Kier molecular flexibility index (Phi) is 3.49. The number of rotatable bonds is 2. The molecule has 1 heterocycles. The molecule has 1 N–H and O–H groups in total. The number of aliphatic hydroxyl groups is 1. The molecule has 0 aliphatic carbocycles. The van der Waals surface area contributed by atoms with E-state index in [0.29, 0.717) is 0 Å². The minimum Gasteiger partial charge on any atom is -0.388 e. The van der Waals surface area contributed by atoms with E-state index in [9.17, 15) is 5.11 Å². The third-order valence-corrected chi connectivity index (χ3v) is 3.68. The summed E-state index contributed by atoms with van der Waals surface area (Å²) in [4.78, 5) is 11.0. The van der Waals surface area contributed by atoms with Gasteiger partial charge in [-0.1, -0.05) is 29.8 Å². The van der Waals surface area contributed by atoms with Gasteiger partial charge in [0.05, 0.1) is 5.60 Å². The first-order chi connectivity index (χ1) is 8.31. The summed E-state index contributed by atoms with van der Waals surface area (Å²) in [7, 11) is 0. The van der Waals surface area contributed by atoms with Crippen molar-refractivity contribution in [3.63, 3.8) is 0 Å². The predicted molar refractivity (Wildman–Crippen MR) is 70.0 cm³/mol. The van der Waals surface area contributed by atoms with Crippen LogP contribution in [0.3, 0.4) is 0 Å². The lowest BCUT2D eigenvalue weighted by Gasteiger charge is -2.40. The molecule has 0 spiro atoms. The van der Waals surface area contributed by atoms with Crippen molar-refractivity contribution < 1.29 is 14.9 Å². The van der Waals surface area contributed by atoms with Crippen molar-refractivity contribution in [1.82, 2.24) is 0 Å². The fourth-order valence-corrected chi connectivity index (χ4v) is 2.23. The molecule has 0 unspecified atom stereocenters. The zero-order chi connectivity index (χ0) is 13.4. The minimum atomic E-state index is -0.866. The summed E-state index contributed by atoms with van der Waals surface area (Å²) >= 11 is 0. The Morgan fingerprint density at radius 1 is 1.28 bits per heavy atom. The van der Waals surface area contributed by atoms with Crippen molar-refractivity contribution in [3.05, 3.63) is 35.4 Å². The van der Waals surface area contributed by atoms with Gasteiger partial charge in [-0.05, 0) is 46.1 Å². The molecule has 100 valence electrons. The maximum atomic E-state index is 9.91. The SMILES string of the molecule is Cc1ccc([C@@]2(C)CC[C@H](C(C)(C)O)OO2)cc1. The lowest BCUT2D eigenvalue weighted by Crippen LogP contribution is -2.45. The predicted octanol–water partition coefficient (Wildman–Crippen LogP) is 3.09. The summed E-state index contributed by atoms with van der Waals surface area (Å²) in [5, 5.41) is 9.91. The lowest BCUT2D eigenvalue weighted by molar-refractivity contribution is -0.427. The molecule has 1 saturated heterocycles. The van der Waals surface area contributed by atoms with E-state index < -0.39 is 11.2 Å². The van der Waals surface area contributed by atoms with Crippen LogP contribution in [0.1, 0.15) is 44.7 Å². The molecular weight excluding hydrogens is 228 g/mol. The molecule has 1 aromatic rings. The fourth-order valence-electron chi connectivity index (χ4n) is 2.23. The highest BCUT2D eigenvalue weighted by atomic mass is 17.2. The first-order valence-corrected chi connectivity index (χ1v) is 6.45. The zero-order valence-corrected chi connectivity index (χ0v) is 11.6. The van der Waals surface area contributed by atoms with Crippen LogP contribution in [0.15, 0.2) is 24.3 Å². The second-order valence-electron chi connectivity index (χ2n) is 5.96. The number of benzene rings is 1. The van der Waals surface area contributed by atoms with Crippen molar-refractivity contribution >= 4 is 0 Å². The van der Waals surface area contributed by atoms with E-state index in [1.54, 1.807) is 13.8 Å². The summed E-state index contributed by atoms with van der Waals surface area (Å²) in [5.41, 5.74) is 1.06. The highest BCUT2D eigenvalue weighted by Gasteiger charge is 2.40.